The van der Waals surface area contributed by atoms with Crippen LogP contribution >= 0.6 is 0 Å². The zero-order chi connectivity index (χ0) is 10.4. The van der Waals surface area contributed by atoms with E-state index in [-0.39, 0.29) is 11.8 Å². The van der Waals surface area contributed by atoms with E-state index in [4.69, 9.17) is 5.84 Å². The van der Waals surface area contributed by atoms with Crippen molar-refractivity contribution in [1.82, 2.24) is 15.6 Å². The van der Waals surface area contributed by atoms with Gasteiger partial charge in [-0.05, 0) is 0 Å². The van der Waals surface area contributed by atoms with Crippen molar-refractivity contribution in [2.75, 3.05) is 20.6 Å². The van der Waals surface area contributed by atoms with Crippen LogP contribution in [0, 0.1) is 5.92 Å². The molecule has 0 heterocycles. The summed E-state index contributed by atoms with van der Waals surface area (Å²) >= 11 is 0. The summed E-state index contributed by atoms with van der Waals surface area (Å²) in [7, 11) is 3.13. The van der Waals surface area contributed by atoms with E-state index in [1.54, 1.807) is 21.0 Å². The van der Waals surface area contributed by atoms with Crippen LogP contribution < -0.4 is 16.6 Å². The first-order valence-corrected chi connectivity index (χ1v) is 3.96. The third kappa shape index (κ3) is 3.75. The van der Waals surface area contributed by atoms with Crippen molar-refractivity contribution in [3.63, 3.8) is 0 Å². The van der Waals surface area contributed by atoms with Crippen molar-refractivity contribution >= 4 is 11.9 Å². The third-order valence-corrected chi connectivity index (χ3v) is 1.71. The molecule has 0 radical (unpaired) electrons. The number of nitrogens with one attached hydrogen (secondary N) is 2. The highest BCUT2D eigenvalue weighted by Gasteiger charge is 2.15. The van der Waals surface area contributed by atoms with Gasteiger partial charge in [0.25, 0.3) is 0 Å². The second-order valence-electron chi connectivity index (χ2n) is 2.85. The molecule has 4 N–H and O–H groups in total. The smallest absolute Gasteiger partial charge is 0.331 e. The fourth-order valence-electron chi connectivity index (χ4n) is 0.933. The van der Waals surface area contributed by atoms with Gasteiger partial charge in [-0.25, -0.2) is 10.6 Å². The normalized spacial score (nSPS) is 11.7. The quantitative estimate of drug-likeness (QED) is 0.298. The van der Waals surface area contributed by atoms with Crippen LogP contribution in [-0.4, -0.2) is 37.5 Å². The van der Waals surface area contributed by atoms with E-state index < -0.39 is 6.03 Å². The van der Waals surface area contributed by atoms with Gasteiger partial charge in [-0.15, -0.1) is 0 Å². The number of nitrogens with zero attached hydrogens (tertiary/aromatic N) is 1. The van der Waals surface area contributed by atoms with Gasteiger partial charge in [-0.3, -0.25) is 10.2 Å². The minimum absolute atomic E-state index is 0.100. The highest BCUT2D eigenvalue weighted by Crippen LogP contribution is 1.97. The van der Waals surface area contributed by atoms with Gasteiger partial charge in [0.1, 0.15) is 0 Å². The zero-order valence-electron chi connectivity index (χ0n) is 8.13. The predicted molar refractivity (Wildman–Crippen MR) is 48.6 cm³/mol. The molecule has 1 unspecified atom stereocenters. The molecule has 0 aliphatic rings. The number of carbonyl (C=O) groups is 2. The summed E-state index contributed by atoms with van der Waals surface area (Å²) in [6, 6.07) is -0.407. The van der Waals surface area contributed by atoms with E-state index in [1.165, 1.54) is 4.90 Å². The summed E-state index contributed by atoms with van der Waals surface area (Å²) in [4.78, 5) is 23.3. The second-order valence-corrected chi connectivity index (χ2v) is 2.85. The van der Waals surface area contributed by atoms with E-state index in [2.05, 4.69) is 5.32 Å². The van der Waals surface area contributed by atoms with Gasteiger partial charge in [0, 0.05) is 20.6 Å². The molecule has 76 valence electrons. The number of rotatable bonds is 3. The first kappa shape index (κ1) is 11.7. The lowest BCUT2D eigenvalue weighted by molar-refractivity contribution is -0.124. The standard InChI is InChI=1S/C7H16N4O2/c1-5(6(12)9-2)4-11(3)7(13)10-8/h5H,4,8H2,1-3H3,(H,9,12)(H,10,13). The molecule has 0 bridgehead atoms. The largest absolute Gasteiger partial charge is 0.359 e. The number of hydrogen-bond acceptors (Lipinski definition) is 3. The minimum atomic E-state index is -0.407. The Morgan fingerprint density at radius 1 is 1.54 bits per heavy atom. The number of hydrazine groups is 1. The molecular weight excluding hydrogens is 172 g/mol. The lowest BCUT2D eigenvalue weighted by atomic mass is 10.1. The third-order valence-electron chi connectivity index (χ3n) is 1.71. The monoisotopic (exact) mass is 188 g/mol. The summed E-state index contributed by atoms with van der Waals surface area (Å²) < 4.78 is 0. The summed E-state index contributed by atoms with van der Waals surface area (Å²) in [5.41, 5.74) is 1.98. The first-order valence-electron chi connectivity index (χ1n) is 3.96. The Labute approximate surface area is 77.4 Å². The Hall–Kier alpha value is -1.30. The number of nitrogens with two attached hydrogens (primary N) is 1. The van der Waals surface area contributed by atoms with Gasteiger partial charge in [-0.1, -0.05) is 6.92 Å². The van der Waals surface area contributed by atoms with E-state index in [0.29, 0.717) is 6.54 Å². The first-order chi connectivity index (χ1) is 6.02. The summed E-state index contributed by atoms with van der Waals surface area (Å²) in [5.74, 6) is 4.57. The van der Waals surface area contributed by atoms with Crippen LogP contribution in [-0.2, 0) is 4.79 Å². The number of carbonyl (C=O) groups excluding carboxylic acids is 2. The molecule has 0 saturated carbocycles. The topological polar surface area (TPSA) is 87.5 Å². The molecule has 0 rings (SSSR count). The maximum atomic E-state index is 11.1. The summed E-state index contributed by atoms with van der Waals surface area (Å²) in [5, 5.41) is 2.50. The molecule has 0 aromatic rings. The van der Waals surface area contributed by atoms with Gasteiger partial charge < -0.3 is 10.2 Å². The van der Waals surface area contributed by atoms with Crippen molar-refractivity contribution in [3.05, 3.63) is 0 Å². The Morgan fingerprint density at radius 2 is 2.08 bits per heavy atom. The average Bonchev–Trinajstić information content (AvgIpc) is 2.14. The molecule has 0 aromatic heterocycles. The fraction of sp³-hybridized carbons (Fsp3) is 0.714. The van der Waals surface area contributed by atoms with Crippen molar-refractivity contribution in [2.45, 2.75) is 6.92 Å². The van der Waals surface area contributed by atoms with Crippen LogP contribution in [0.25, 0.3) is 0 Å². The van der Waals surface area contributed by atoms with Crippen molar-refractivity contribution < 1.29 is 9.59 Å². The predicted octanol–water partition coefficient (Wildman–Crippen LogP) is -1.12. The van der Waals surface area contributed by atoms with Crippen molar-refractivity contribution in [2.24, 2.45) is 11.8 Å². The molecule has 0 aromatic carbocycles. The Morgan fingerprint density at radius 3 is 2.46 bits per heavy atom. The Balaban J connectivity index is 3.98. The van der Waals surface area contributed by atoms with Crippen LogP contribution in [0.3, 0.4) is 0 Å². The van der Waals surface area contributed by atoms with Gasteiger partial charge in [0.05, 0.1) is 5.92 Å². The molecule has 6 nitrogen and oxygen atoms in total. The molecule has 0 aliphatic heterocycles. The van der Waals surface area contributed by atoms with Crippen LogP contribution in [0.2, 0.25) is 0 Å². The molecule has 0 spiro atoms. The second kappa shape index (κ2) is 5.36. The highest BCUT2D eigenvalue weighted by molar-refractivity contribution is 5.79. The summed E-state index contributed by atoms with van der Waals surface area (Å²) in [6.07, 6.45) is 0. The minimum Gasteiger partial charge on any atom is -0.359 e. The van der Waals surface area contributed by atoms with Crippen molar-refractivity contribution in [1.29, 1.82) is 0 Å². The zero-order valence-corrected chi connectivity index (χ0v) is 8.13. The molecule has 6 heteroatoms. The van der Waals surface area contributed by atoms with E-state index in [9.17, 15) is 9.59 Å². The maximum Gasteiger partial charge on any atom is 0.331 e. The van der Waals surface area contributed by atoms with E-state index in [0.717, 1.165) is 0 Å². The van der Waals surface area contributed by atoms with E-state index in [1.807, 2.05) is 5.43 Å². The molecular formula is C7H16N4O2. The van der Waals surface area contributed by atoms with Crippen molar-refractivity contribution in [3.8, 4) is 0 Å². The molecule has 3 amide bonds. The summed E-state index contributed by atoms with van der Waals surface area (Å²) in [6.45, 7) is 2.07. The van der Waals surface area contributed by atoms with E-state index >= 15 is 0 Å². The lowest BCUT2D eigenvalue weighted by Gasteiger charge is -2.19. The lowest BCUT2D eigenvalue weighted by Crippen LogP contribution is -2.44. The average molecular weight is 188 g/mol. The van der Waals surface area contributed by atoms with Gasteiger partial charge in [-0.2, -0.15) is 0 Å². The van der Waals surface area contributed by atoms with Gasteiger partial charge in [0.2, 0.25) is 5.91 Å². The number of hydrogen-bond donors (Lipinski definition) is 3. The fourth-order valence-corrected chi connectivity index (χ4v) is 0.933. The van der Waals surface area contributed by atoms with Gasteiger partial charge in [0.15, 0.2) is 0 Å². The van der Waals surface area contributed by atoms with Gasteiger partial charge >= 0.3 is 6.03 Å². The molecule has 0 fully saturated rings. The molecule has 0 saturated heterocycles. The maximum absolute atomic E-state index is 11.1. The Bertz CT molecular complexity index is 175. The molecule has 13 heavy (non-hydrogen) atoms. The highest BCUT2D eigenvalue weighted by atomic mass is 16.2. The van der Waals surface area contributed by atoms with Crippen LogP contribution in [0.4, 0.5) is 4.79 Å². The Kier molecular flexibility index (Phi) is 4.83. The SMILES string of the molecule is CNC(=O)C(C)CN(C)C(=O)NN. The van der Waals surface area contributed by atoms with Crippen LogP contribution in [0.15, 0.2) is 0 Å². The number of urea groups is 1. The van der Waals surface area contributed by atoms with Crippen LogP contribution in [0.5, 0.6) is 0 Å². The number of amides is 3. The van der Waals surface area contributed by atoms with Crippen LogP contribution in [0.1, 0.15) is 6.92 Å². The molecule has 0 aliphatic carbocycles. The molecule has 1 atom stereocenters.